The van der Waals surface area contributed by atoms with Crippen molar-refractivity contribution in [3.05, 3.63) is 54.1 Å². The summed E-state index contributed by atoms with van der Waals surface area (Å²) >= 11 is 0. The number of halogens is 1. The van der Waals surface area contributed by atoms with Crippen molar-refractivity contribution in [1.29, 1.82) is 0 Å². The molecule has 170 valence electrons. The third-order valence-electron chi connectivity index (χ3n) is 6.16. The third-order valence-corrected chi connectivity index (χ3v) is 6.16. The number of piperidine rings is 1. The zero-order valence-electron chi connectivity index (χ0n) is 17.9. The van der Waals surface area contributed by atoms with E-state index in [1.807, 2.05) is 24.3 Å². The van der Waals surface area contributed by atoms with Crippen LogP contribution in [0.3, 0.4) is 0 Å². The molecule has 1 aliphatic heterocycles. The minimum absolute atomic E-state index is 0.233. The van der Waals surface area contributed by atoms with Gasteiger partial charge in [0.25, 0.3) is 5.91 Å². The predicted molar refractivity (Wildman–Crippen MR) is 120 cm³/mol. The molecule has 2 atom stereocenters. The number of aliphatic hydroxyl groups is 2. The number of nitrogen functional groups attached to an aromatic ring is 1. The lowest BCUT2D eigenvalue weighted by Gasteiger charge is -2.34. The van der Waals surface area contributed by atoms with E-state index in [9.17, 15) is 19.4 Å². The molecule has 5 N–H and O–H groups in total. The molecule has 1 aromatic heterocycles. The molecule has 1 amide bonds. The van der Waals surface area contributed by atoms with E-state index in [1.54, 1.807) is 17.7 Å². The molecule has 0 saturated carbocycles. The largest absolute Gasteiger partial charge is 0.397 e. The van der Waals surface area contributed by atoms with E-state index in [0.717, 1.165) is 37.1 Å². The molecule has 32 heavy (non-hydrogen) atoms. The quantitative estimate of drug-likeness (QED) is 0.433. The van der Waals surface area contributed by atoms with Crippen molar-refractivity contribution in [2.24, 2.45) is 13.0 Å². The molecule has 3 aromatic rings. The van der Waals surface area contributed by atoms with E-state index in [4.69, 9.17) is 5.73 Å². The molecule has 0 spiro atoms. The summed E-state index contributed by atoms with van der Waals surface area (Å²) in [4.78, 5) is 18.9. The summed E-state index contributed by atoms with van der Waals surface area (Å²) in [6, 6.07) is 11.8. The second kappa shape index (κ2) is 9.13. The van der Waals surface area contributed by atoms with Gasteiger partial charge in [0, 0.05) is 26.7 Å². The molecule has 0 bridgehead atoms. The van der Waals surface area contributed by atoms with Crippen LogP contribution in [0, 0.1) is 11.7 Å². The van der Waals surface area contributed by atoms with Crippen LogP contribution in [-0.2, 0) is 11.8 Å². The van der Waals surface area contributed by atoms with Crippen LogP contribution in [0.25, 0.3) is 11.0 Å². The van der Waals surface area contributed by atoms with E-state index < -0.39 is 18.1 Å². The molecule has 1 fully saturated rings. The number of anilines is 2. The number of benzene rings is 2. The molecule has 0 aliphatic carbocycles. The summed E-state index contributed by atoms with van der Waals surface area (Å²) in [6.45, 7) is 1.88. The Kier molecular flexibility index (Phi) is 6.29. The lowest BCUT2D eigenvalue weighted by Crippen LogP contribution is -2.43. The molecule has 4 rings (SSSR count). The van der Waals surface area contributed by atoms with Gasteiger partial charge in [-0.3, -0.25) is 4.79 Å². The zero-order chi connectivity index (χ0) is 22.8. The number of fused-ring (bicyclic) bond motifs is 1. The van der Waals surface area contributed by atoms with Crippen molar-refractivity contribution in [3.63, 3.8) is 0 Å². The summed E-state index contributed by atoms with van der Waals surface area (Å²) in [5.41, 5.74) is 8.65. The average Bonchev–Trinajstić information content (AvgIpc) is 3.13. The number of hydrogen-bond acceptors (Lipinski definition) is 6. The Hall–Kier alpha value is -3.17. The van der Waals surface area contributed by atoms with Crippen LogP contribution in [-0.4, -0.2) is 51.4 Å². The van der Waals surface area contributed by atoms with Gasteiger partial charge in [-0.05, 0) is 49.1 Å². The topological polar surface area (TPSA) is 117 Å². The number of rotatable bonds is 6. The Morgan fingerprint density at radius 2 is 1.97 bits per heavy atom. The molecule has 8 nitrogen and oxygen atoms in total. The fourth-order valence-corrected chi connectivity index (χ4v) is 4.25. The summed E-state index contributed by atoms with van der Waals surface area (Å²) in [5, 5.41) is 23.7. The number of amides is 1. The molecule has 1 saturated heterocycles. The number of carbonyl (C=O) groups is 1. The highest BCUT2D eigenvalue weighted by molar-refractivity contribution is 5.82. The molecule has 0 radical (unpaired) electrons. The first kappa shape index (κ1) is 22.0. The minimum Gasteiger partial charge on any atom is -0.397 e. The molecule has 2 aromatic carbocycles. The Labute approximate surface area is 185 Å². The van der Waals surface area contributed by atoms with Crippen LogP contribution >= 0.6 is 0 Å². The number of carbonyl (C=O) groups excluding carboxylic acids is 1. The Morgan fingerprint density at radius 1 is 1.25 bits per heavy atom. The highest BCUT2D eigenvalue weighted by Gasteiger charge is 2.30. The number of aryl methyl sites for hydroxylation is 1. The first-order valence-corrected chi connectivity index (χ1v) is 10.7. The molecule has 0 unspecified atom stereocenters. The lowest BCUT2D eigenvalue weighted by molar-refractivity contribution is -0.136. The fraction of sp³-hybridized carbons (Fsp3) is 0.391. The first-order valence-electron chi connectivity index (χ1n) is 10.7. The standard InChI is InChI=1S/C23H28FN5O3/c1-28-19-5-3-2-4-17(19)27-22(28)20(30)21(31)23(32)26-13-14-8-10-29(11-9-14)18-7-6-15(24)12-16(18)25/h2-7,12,14,20-21,30-31H,8-11,13,25H2,1H3,(H,26,32)/t20-,21-/m1/s1. The van der Waals surface area contributed by atoms with Gasteiger partial charge in [0.1, 0.15) is 17.7 Å². The molecule has 9 heteroatoms. The number of hydrogen-bond donors (Lipinski definition) is 4. The van der Waals surface area contributed by atoms with E-state index in [-0.39, 0.29) is 17.6 Å². The maximum absolute atomic E-state index is 13.3. The van der Waals surface area contributed by atoms with Crippen LogP contribution < -0.4 is 16.0 Å². The van der Waals surface area contributed by atoms with Crippen molar-refractivity contribution in [1.82, 2.24) is 14.9 Å². The summed E-state index contributed by atoms with van der Waals surface area (Å²) in [7, 11) is 1.74. The molecular formula is C23H28FN5O3. The number of nitrogens with two attached hydrogens (primary N) is 1. The van der Waals surface area contributed by atoms with Gasteiger partial charge in [-0.2, -0.15) is 0 Å². The van der Waals surface area contributed by atoms with Crippen LogP contribution in [0.2, 0.25) is 0 Å². The number of aliphatic hydroxyl groups excluding tert-OH is 2. The Morgan fingerprint density at radius 3 is 2.66 bits per heavy atom. The minimum atomic E-state index is -1.62. The SMILES string of the molecule is Cn1c([C@H](O)[C@@H](O)C(=O)NCC2CCN(c3ccc(F)cc3N)CC2)nc2ccccc21. The predicted octanol–water partition coefficient (Wildman–Crippen LogP) is 1.72. The van der Waals surface area contributed by atoms with Gasteiger partial charge in [0.15, 0.2) is 6.10 Å². The van der Waals surface area contributed by atoms with Gasteiger partial charge >= 0.3 is 0 Å². The van der Waals surface area contributed by atoms with Gasteiger partial charge in [-0.15, -0.1) is 0 Å². The Balaban J connectivity index is 1.30. The average molecular weight is 442 g/mol. The van der Waals surface area contributed by atoms with E-state index >= 15 is 0 Å². The van der Waals surface area contributed by atoms with Crippen LogP contribution in [0.1, 0.15) is 24.8 Å². The van der Waals surface area contributed by atoms with Gasteiger partial charge in [-0.25, -0.2) is 9.37 Å². The fourth-order valence-electron chi connectivity index (χ4n) is 4.25. The molecule has 2 heterocycles. The smallest absolute Gasteiger partial charge is 0.252 e. The van der Waals surface area contributed by atoms with Gasteiger partial charge in [-0.1, -0.05) is 12.1 Å². The van der Waals surface area contributed by atoms with E-state index in [1.165, 1.54) is 12.1 Å². The maximum Gasteiger partial charge on any atom is 0.252 e. The van der Waals surface area contributed by atoms with Crippen molar-refractivity contribution in [2.45, 2.75) is 25.0 Å². The maximum atomic E-state index is 13.3. The number of imidazole rings is 1. The highest BCUT2D eigenvalue weighted by atomic mass is 19.1. The zero-order valence-corrected chi connectivity index (χ0v) is 17.9. The van der Waals surface area contributed by atoms with Gasteiger partial charge in [0.2, 0.25) is 0 Å². The van der Waals surface area contributed by atoms with Crippen molar-refractivity contribution in [2.75, 3.05) is 30.3 Å². The van der Waals surface area contributed by atoms with Gasteiger partial charge < -0.3 is 30.7 Å². The van der Waals surface area contributed by atoms with Crippen LogP contribution in [0.5, 0.6) is 0 Å². The number of para-hydroxylation sites is 2. The van der Waals surface area contributed by atoms with Crippen molar-refractivity contribution >= 4 is 28.3 Å². The van der Waals surface area contributed by atoms with E-state index in [2.05, 4.69) is 15.2 Å². The van der Waals surface area contributed by atoms with Crippen LogP contribution in [0.4, 0.5) is 15.8 Å². The third kappa shape index (κ3) is 4.39. The van der Waals surface area contributed by atoms with Crippen molar-refractivity contribution < 1.29 is 19.4 Å². The second-order valence-electron chi connectivity index (χ2n) is 8.29. The highest BCUT2D eigenvalue weighted by Crippen LogP contribution is 2.28. The summed E-state index contributed by atoms with van der Waals surface area (Å²) in [5.74, 6) is -0.519. The second-order valence-corrected chi connectivity index (χ2v) is 8.29. The van der Waals surface area contributed by atoms with Crippen molar-refractivity contribution in [3.8, 4) is 0 Å². The Bertz CT molecular complexity index is 1110. The van der Waals surface area contributed by atoms with Gasteiger partial charge in [0.05, 0.1) is 22.4 Å². The normalized spacial score (nSPS) is 16.8. The molecular weight excluding hydrogens is 413 g/mol. The van der Waals surface area contributed by atoms with Crippen LogP contribution in [0.15, 0.2) is 42.5 Å². The van der Waals surface area contributed by atoms with E-state index in [0.29, 0.717) is 17.7 Å². The first-order chi connectivity index (χ1) is 15.3. The number of nitrogens with one attached hydrogen (secondary N) is 1. The monoisotopic (exact) mass is 441 g/mol. The summed E-state index contributed by atoms with van der Waals surface area (Å²) in [6.07, 6.45) is -1.42. The summed E-state index contributed by atoms with van der Waals surface area (Å²) < 4.78 is 15.0. The number of aromatic nitrogens is 2. The number of nitrogens with zero attached hydrogens (tertiary/aromatic N) is 3. The lowest BCUT2D eigenvalue weighted by atomic mass is 9.96. The molecule has 1 aliphatic rings.